The fourth-order valence-electron chi connectivity index (χ4n) is 8.55. The van der Waals surface area contributed by atoms with Gasteiger partial charge in [-0.3, -0.25) is 19.1 Å². The van der Waals surface area contributed by atoms with Gasteiger partial charge >= 0.3 is 6.09 Å². The molecule has 4 amide bonds. The predicted molar refractivity (Wildman–Crippen MR) is 202 cm³/mol. The predicted octanol–water partition coefficient (Wildman–Crippen LogP) is 3.78. The van der Waals surface area contributed by atoms with Crippen molar-refractivity contribution in [1.29, 1.82) is 0 Å². The van der Waals surface area contributed by atoms with Crippen LogP contribution in [0.15, 0.2) is 30.4 Å². The molecule has 7 rings (SSSR count). The highest BCUT2D eigenvalue weighted by molar-refractivity contribution is 7.91. The summed E-state index contributed by atoms with van der Waals surface area (Å²) in [6, 6.07) is 3.05. The minimum Gasteiger partial charge on any atom is -0.497 e. The Morgan fingerprint density at radius 3 is 2.68 bits per heavy atom. The van der Waals surface area contributed by atoms with Crippen molar-refractivity contribution in [3.8, 4) is 17.5 Å². The van der Waals surface area contributed by atoms with Crippen LogP contribution in [-0.4, -0.2) is 103 Å². The zero-order valence-electron chi connectivity index (χ0n) is 31.8. The first-order valence-electron chi connectivity index (χ1n) is 19.5. The number of nitrogens with one attached hydrogen (secondary N) is 3. The van der Waals surface area contributed by atoms with Gasteiger partial charge in [0.1, 0.15) is 40.9 Å². The van der Waals surface area contributed by atoms with Crippen molar-refractivity contribution in [2.45, 2.75) is 107 Å². The second-order valence-corrected chi connectivity index (χ2v) is 18.1. The average Bonchev–Trinajstić information content (AvgIpc) is 4.08. The van der Waals surface area contributed by atoms with Gasteiger partial charge in [-0.1, -0.05) is 32.4 Å². The molecule has 304 valence electrons. The van der Waals surface area contributed by atoms with Gasteiger partial charge in [-0.25, -0.2) is 17.6 Å². The Balaban J connectivity index is 1.24. The number of carbonyl (C=O) groups is 4. The lowest BCUT2D eigenvalue weighted by Crippen LogP contribution is -2.59. The standard InChI is InChI=1S/C39H50FN5O10S/c1-4-23-16-22(2)8-5-6-9-24-19-39(24,36(48)44-56(51,52)38(21-40)13-14-38)43-32(46)30-18-26(20-45(30)35(47)31(23)41-37(49)50)55-34-28-12-11-25(53-3)17-29(28)27-10-7-15-54-33(27)42-34/h6,9,11-12,17,22-24,26,30-31,41H,4-5,7-8,10,13-16,18-21H2,1-3H3,(H,43,46)(H,44,48)(H,49,50)/b9-6-/t22-,23+,24+,26+,30-,31-,39+/m0/s1. The van der Waals surface area contributed by atoms with Crippen molar-refractivity contribution < 1.29 is 51.3 Å². The summed E-state index contributed by atoms with van der Waals surface area (Å²) in [4.78, 5) is 61.2. The Morgan fingerprint density at radius 2 is 1.98 bits per heavy atom. The lowest BCUT2D eigenvalue weighted by molar-refractivity contribution is -0.142. The van der Waals surface area contributed by atoms with Gasteiger partial charge in [0.15, 0.2) is 0 Å². The third-order valence-corrected chi connectivity index (χ3v) is 14.3. The molecular formula is C39H50FN5O10S. The van der Waals surface area contributed by atoms with Crippen LogP contribution in [0.1, 0.15) is 77.2 Å². The van der Waals surface area contributed by atoms with Crippen LogP contribution in [0.5, 0.6) is 17.5 Å². The molecule has 1 saturated heterocycles. The molecule has 5 aliphatic rings. The van der Waals surface area contributed by atoms with Crippen molar-refractivity contribution in [3.63, 3.8) is 0 Å². The van der Waals surface area contributed by atoms with E-state index in [1.165, 1.54) is 4.90 Å². The van der Waals surface area contributed by atoms with Crippen LogP contribution in [0.3, 0.4) is 0 Å². The molecule has 2 aliphatic carbocycles. The zero-order valence-corrected chi connectivity index (χ0v) is 32.7. The number of halogens is 1. The Kier molecular flexibility index (Phi) is 10.8. The van der Waals surface area contributed by atoms with Crippen LogP contribution in [0.2, 0.25) is 0 Å². The van der Waals surface area contributed by atoms with Gasteiger partial charge < -0.3 is 34.9 Å². The Hall–Kier alpha value is -4.67. The summed E-state index contributed by atoms with van der Waals surface area (Å²) in [6.07, 6.45) is 5.53. The monoisotopic (exact) mass is 799 g/mol. The summed E-state index contributed by atoms with van der Waals surface area (Å²) in [5, 5.41) is 16.7. The molecule has 1 aromatic carbocycles. The number of hydrogen-bond donors (Lipinski definition) is 4. The number of rotatable bonds is 9. The molecule has 0 unspecified atom stereocenters. The minimum atomic E-state index is -4.40. The third-order valence-electron chi connectivity index (χ3n) is 12.2. The lowest BCUT2D eigenvalue weighted by atomic mass is 9.85. The molecule has 4 heterocycles. The number of aromatic nitrogens is 1. The maximum absolute atomic E-state index is 14.6. The van der Waals surface area contributed by atoms with Crippen LogP contribution in [-0.2, 0) is 30.8 Å². The van der Waals surface area contributed by atoms with Gasteiger partial charge in [-0.05, 0) is 86.8 Å². The van der Waals surface area contributed by atoms with E-state index in [-0.39, 0.29) is 44.0 Å². The first-order valence-corrected chi connectivity index (χ1v) is 20.9. The average molecular weight is 800 g/mol. The van der Waals surface area contributed by atoms with E-state index in [1.54, 1.807) is 19.3 Å². The number of carboxylic acid groups (broad SMARTS) is 1. The fraction of sp³-hybridized carbons (Fsp3) is 0.615. The van der Waals surface area contributed by atoms with E-state index in [0.29, 0.717) is 49.3 Å². The van der Waals surface area contributed by atoms with E-state index in [4.69, 9.17) is 19.2 Å². The second kappa shape index (κ2) is 15.3. The van der Waals surface area contributed by atoms with Crippen LogP contribution in [0.4, 0.5) is 9.18 Å². The van der Waals surface area contributed by atoms with Crippen LogP contribution in [0.25, 0.3) is 10.8 Å². The topological polar surface area (TPSA) is 203 Å². The van der Waals surface area contributed by atoms with Gasteiger partial charge in [0.2, 0.25) is 33.6 Å². The van der Waals surface area contributed by atoms with Crippen molar-refractivity contribution in [2.75, 3.05) is 26.9 Å². The van der Waals surface area contributed by atoms with E-state index >= 15 is 0 Å². The second-order valence-electron chi connectivity index (χ2n) is 16.0. The van der Waals surface area contributed by atoms with E-state index in [0.717, 1.165) is 23.8 Å². The smallest absolute Gasteiger partial charge is 0.405 e. The number of ether oxygens (including phenoxy) is 3. The van der Waals surface area contributed by atoms with Crippen molar-refractivity contribution in [3.05, 3.63) is 35.9 Å². The molecule has 3 aliphatic heterocycles. The molecule has 0 bridgehead atoms. The first-order chi connectivity index (χ1) is 26.7. The van der Waals surface area contributed by atoms with E-state index in [2.05, 4.69) is 15.4 Å². The number of amides is 4. The molecule has 0 radical (unpaired) electrons. The van der Waals surface area contributed by atoms with Gasteiger partial charge in [-0.15, -0.1) is 0 Å². The molecular weight excluding hydrogens is 750 g/mol. The Morgan fingerprint density at radius 1 is 1.20 bits per heavy atom. The van der Waals surface area contributed by atoms with E-state index in [9.17, 15) is 37.1 Å². The van der Waals surface area contributed by atoms with Crippen molar-refractivity contribution >= 4 is 44.6 Å². The molecule has 4 N–H and O–H groups in total. The van der Waals surface area contributed by atoms with E-state index in [1.807, 2.05) is 32.1 Å². The quantitative estimate of drug-likeness (QED) is 0.269. The maximum Gasteiger partial charge on any atom is 0.405 e. The molecule has 0 spiro atoms. The normalized spacial score (nSPS) is 30.5. The van der Waals surface area contributed by atoms with Crippen molar-refractivity contribution in [2.24, 2.45) is 17.8 Å². The summed E-state index contributed by atoms with van der Waals surface area (Å²) in [5.74, 6) is -1.94. The third kappa shape index (κ3) is 7.45. The number of alkyl halides is 1. The highest BCUT2D eigenvalue weighted by Crippen LogP contribution is 2.48. The first kappa shape index (κ1) is 39.6. The van der Waals surface area contributed by atoms with Crippen LogP contribution < -0.4 is 29.6 Å². The number of hydrogen-bond acceptors (Lipinski definition) is 10. The van der Waals surface area contributed by atoms with Crippen LogP contribution >= 0.6 is 0 Å². The summed E-state index contributed by atoms with van der Waals surface area (Å²) in [5.41, 5.74) is -0.768. The summed E-state index contributed by atoms with van der Waals surface area (Å²) in [6.45, 7) is 3.12. The number of sulfonamides is 1. The van der Waals surface area contributed by atoms with Crippen LogP contribution in [0, 0.1) is 17.8 Å². The molecule has 56 heavy (non-hydrogen) atoms. The van der Waals surface area contributed by atoms with Gasteiger partial charge in [-0.2, -0.15) is 4.98 Å². The lowest BCUT2D eigenvalue weighted by Gasteiger charge is -2.33. The van der Waals surface area contributed by atoms with Gasteiger partial charge in [0.05, 0.1) is 20.3 Å². The largest absolute Gasteiger partial charge is 0.497 e. The molecule has 7 atom stereocenters. The Bertz CT molecular complexity index is 2040. The molecule has 3 fully saturated rings. The van der Waals surface area contributed by atoms with Gasteiger partial charge in [0, 0.05) is 23.3 Å². The number of methoxy groups -OCH3 is 1. The summed E-state index contributed by atoms with van der Waals surface area (Å²) in [7, 11) is -2.83. The number of aryl methyl sites for hydroxylation is 1. The fourth-order valence-corrected chi connectivity index (χ4v) is 9.98. The number of carbonyl (C=O) groups excluding carboxylic acids is 3. The summed E-state index contributed by atoms with van der Waals surface area (Å²) >= 11 is 0. The number of allylic oxidation sites excluding steroid dienone is 1. The SMILES string of the molecule is CC[C@@H]1C[C@@H](C)CC/C=C\[C@@H]2C[C@@]2(C(=O)NS(=O)(=O)C2(CF)CC2)NC(=O)[C@@H]2C[C@@H](Oc3nc4c(c5cc(OC)ccc35)CCCO4)CN2C(=O)[C@H]1NC(=O)O. The van der Waals surface area contributed by atoms with Gasteiger partial charge in [0.25, 0.3) is 5.91 Å². The highest BCUT2D eigenvalue weighted by Gasteiger charge is 2.64. The maximum atomic E-state index is 14.6. The molecule has 17 heteroatoms. The van der Waals surface area contributed by atoms with E-state index < -0.39 is 80.8 Å². The number of pyridine rings is 1. The van der Waals surface area contributed by atoms with Crippen molar-refractivity contribution in [1.82, 2.24) is 25.2 Å². The number of nitrogens with zero attached hydrogens (tertiary/aromatic N) is 2. The zero-order chi connectivity index (χ0) is 40.0. The minimum absolute atomic E-state index is 0.0523. The molecule has 1 aromatic heterocycles. The number of benzene rings is 1. The molecule has 15 nitrogen and oxygen atoms in total. The highest BCUT2D eigenvalue weighted by atomic mass is 32.2. The summed E-state index contributed by atoms with van der Waals surface area (Å²) < 4.78 is 58.5. The number of fused-ring (bicyclic) bond motifs is 5. The molecule has 2 aromatic rings. The molecule has 2 saturated carbocycles. The Labute approximate surface area is 325 Å².